The quantitative estimate of drug-likeness (QED) is 0.774. The average Bonchev–Trinajstić information content (AvgIpc) is 2.24. The van der Waals surface area contributed by atoms with Gasteiger partial charge in [-0.15, -0.1) is 0 Å². The van der Waals surface area contributed by atoms with Crippen LogP contribution in [0, 0.1) is 11.8 Å². The summed E-state index contributed by atoms with van der Waals surface area (Å²) in [6, 6.07) is 6.48. The normalized spacial score (nSPS) is 9.12. The van der Waals surface area contributed by atoms with Crippen molar-refractivity contribution in [2.45, 2.75) is 0 Å². The predicted molar refractivity (Wildman–Crippen MR) is 61.7 cm³/mol. The van der Waals surface area contributed by atoms with Crippen molar-refractivity contribution < 1.29 is 15.0 Å². The molecule has 0 spiro atoms. The molecule has 0 fully saturated rings. The highest BCUT2D eigenvalue weighted by atomic mass is 35.5. The van der Waals surface area contributed by atoms with Gasteiger partial charge in [-0.25, -0.2) is 4.79 Å². The molecule has 0 aromatic heterocycles. The maximum atomic E-state index is 11.0. The van der Waals surface area contributed by atoms with E-state index >= 15 is 0 Å². The third-order valence-electron chi connectivity index (χ3n) is 1.79. The molecule has 0 saturated carbocycles. The molecule has 0 bridgehead atoms. The van der Waals surface area contributed by atoms with Crippen molar-refractivity contribution >= 4 is 23.4 Å². The lowest BCUT2D eigenvalue weighted by Crippen LogP contribution is -2.29. The highest BCUT2D eigenvalue weighted by Crippen LogP contribution is 2.19. The number of nitrogens with zero attached hydrogens (tertiary/aromatic N) is 1. The van der Waals surface area contributed by atoms with Gasteiger partial charge < -0.3 is 10.2 Å². The minimum atomic E-state index is -1.12. The number of hydrogen-bond donors (Lipinski definition) is 2. The smallest absolute Gasteiger partial charge is 0.412 e. The molecule has 4 nitrogen and oxygen atoms in total. The zero-order valence-corrected chi connectivity index (χ0v) is 9.11. The number of amides is 1. The standard InChI is InChI=1S/C11H10ClNO3/c12-9-4-3-5-10(8-9)13(11(15)16)6-1-2-7-14/h3-5,8,14H,6-7H2,(H,15,16). The van der Waals surface area contributed by atoms with Gasteiger partial charge in [0.15, 0.2) is 0 Å². The summed E-state index contributed by atoms with van der Waals surface area (Å²) in [7, 11) is 0. The number of halogens is 1. The zero-order chi connectivity index (χ0) is 12.0. The van der Waals surface area contributed by atoms with Gasteiger partial charge in [-0.1, -0.05) is 29.5 Å². The molecule has 1 amide bonds. The van der Waals surface area contributed by atoms with Crippen molar-refractivity contribution in [3.05, 3.63) is 29.3 Å². The van der Waals surface area contributed by atoms with E-state index < -0.39 is 6.09 Å². The summed E-state index contributed by atoms with van der Waals surface area (Å²) in [6.07, 6.45) is -1.12. The van der Waals surface area contributed by atoms with Crippen LogP contribution in [-0.4, -0.2) is 29.5 Å². The van der Waals surface area contributed by atoms with Gasteiger partial charge >= 0.3 is 6.09 Å². The van der Waals surface area contributed by atoms with Gasteiger partial charge in [-0.3, -0.25) is 4.90 Å². The van der Waals surface area contributed by atoms with Crippen molar-refractivity contribution in [1.82, 2.24) is 0 Å². The van der Waals surface area contributed by atoms with Crippen LogP contribution in [0.4, 0.5) is 10.5 Å². The maximum absolute atomic E-state index is 11.0. The predicted octanol–water partition coefficient (Wildman–Crippen LogP) is 1.82. The van der Waals surface area contributed by atoms with Crippen LogP contribution in [0.3, 0.4) is 0 Å². The Morgan fingerprint density at radius 3 is 2.75 bits per heavy atom. The van der Waals surface area contributed by atoms with Crippen molar-refractivity contribution in [3.8, 4) is 11.8 Å². The number of aliphatic hydroxyl groups is 1. The first-order valence-corrected chi connectivity index (χ1v) is 4.85. The fourth-order valence-electron chi connectivity index (χ4n) is 1.10. The number of anilines is 1. The van der Waals surface area contributed by atoms with E-state index in [0.29, 0.717) is 10.7 Å². The van der Waals surface area contributed by atoms with Crippen molar-refractivity contribution in [1.29, 1.82) is 0 Å². The van der Waals surface area contributed by atoms with Crippen molar-refractivity contribution in [2.24, 2.45) is 0 Å². The van der Waals surface area contributed by atoms with E-state index in [1.165, 1.54) is 6.07 Å². The Morgan fingerprint density at radius 1 is 1.44 bits per heavy atom. The van der Waals surface area contributed by atoms with E-state index in [1.54, 1.807) is 18.2 Å². The average molecular weight is 240 g/mol. The summed E-state index contributed by atoms with van der Waals surface area (Å²) in [5.41, 5.74) is 0.451. The second kappa shape index (κ2) is 6.01. The molecule has 1 aromatic carbocycles. The number of rotatable bonds is 2. The van der Waals surface area contributed by atoms with E-state index in [1.807, 2.05) is 0 Å². The Labute approximate surface area is 98.1 Å². The summed E-state index contributed by atoms with van der Waals surface area (Å²) in [6.45, 7) is -0.292. The Morgan fingerprint density at radius 2 is 2.19 bits per heavy atom. The summed E-state index contributed by atoms with van der Waals surface area (Å²) in [5.74, 6) is 4.92. The zero-order valence-electron chi connectivity index (χ0n) is 8.35. The molecule has 5 heteroatoms. The lowest BCUT2D eigenvalue weighted by molar-refractivity contribution is 0.202. The van der Waals surface area contributed by atoms with Gasteiger partial charge in [0.1, 0.15) is 6.61 Å². The van der Waals surface area contributed by atoms with Crippen LogP contribution in [0.1, 0.15) is 0 Å². The second-order valence-corrected chi connectivity index (χ2v) is 3.30. The maximum Gasteiger partial charge on any atom is 0.412 e. The number of aliphatic hydroxyl groups excluding tert-OH is 1. The molecule has 2 N–H and O–H groups in total. The lowest BCUT2D eigenvalue weighted by atomic mass is 10.3. The summed E-state index contributed by atoms with van der Waals surface area (Å²) in [4.78, 5) is 12.0. The van der Waals surface area contributed by atoms with Gasteiger partial charge in [0.25, 0.3) is 0 Å². The molecule has 1 aromatic rings. The summed E-state index contributed by atoms with van der Waals surface area (Å²) >= 11 is 5.76. The number of carbonyl (C=O) groups is 1. The van der Waals surface area contributed by atoms with Crippen molar-refractivity contribution in [2.75, 3.05) is 18.1 Å². The Kier molecular flexibility index (Phi) is 4.65. The largest absolute Gasteiger partial charge is 0.465 e. The van der Waals surface area contributed by atoms with Crippen LogP contribution < -0.4 is 4.90 Å². The van der Waals surface area contributed by atoms with E-state index in [4.69, 9.17) is 21.8 Å². The number of carboxylic acid groups (broad SMARTS) is 1. The molecule has 0 radical (unpaired) electrons. The van der Waals surface area contributed by atoms with Crippen LogP contribution in [-0.2, 0) is 0 Å². The molecule has 0 aliphatic rings. The topological polar surface area (TPSA) is 60.8 Å². The first-order chi connectivity index (χ1) is 7.65. The highest BCUT2D eigenvalue weighted by Gasteiger charge is 2.12. The minimum absolute atomic E-state index is 0.00373. The van der Waals surface area contributed by atoms with E-state index in [0.717, 1.165) is 4.90 Å². The Balaban J connectivity index is 2.89. The van der Waals surface area contributed by atoms with Gasteiger partial charge in [0.05, 0.1) is 6.54 Å². The molecule has 0 aliphatic heterocycles. The third-order valence-corrected chi connectivity index (χ3v) is 2.03. The van der Waals surface area contributed by atoms with Crippen LogP contribution in [0.25, 0.3) is 0 Å². The van der Waals surface area contributed by atoms with Crippen LogP contribution in [0.5, 0.6) is 0 Å². The van der Waals surface area contributed by atoms with Gasteiger partial charge in [-0.05, 0) is 18.2 Å². The molecule has 84 valence electrons. The van der Waals surface area contributed by atoms with Crippen LogP contribution in [0.2, 0.25) is 5.02 Å². The van der Waals surface area contributed by atoms with E-state index in [-0.39, 0.29) is 13.2 Å². The monoisotopic (exact) mass is 239 g/mol. The number of hydrogen-bond acceptors (Lipinski definition) is 2. The molecule has 16 heavy (non-hydrogen) atoms. The van der Waals surface area contributed by atoms with E-state index in [2.05, 4.69) is 11.8 Å². The fraction of sp³-hybridized carbons (Fsp3) is 0.182. The first-order valence-electron chi connectivity index (χ1n) is 4.47. The molecule has 0 atom stereocenters. The third kappa shape index (κ3) is 3.46. The van der Waals surface area contributed by atoms with Gasteiger partial charge in [-0.2, -0.15) is 0 Å². The number of benzene rings is 1. The van der Waals surface area contributed by atoms with Gasteiger partial charge in [0, 0.05) is 10.7 Å². The highest BCUT2D eigenvalue weighted by molar-refractivity contribution is 6.30. The molecule has 0 unspecified atom stereocenters. The second-order valence-electron chi connectivity index (χ2n) is 2.86. The molecule has 1 rings (SSSR count). The molecule has 0 aliphatic carbocycles. The summed E-state index contributed by atoms with van der Waals surface area (Å²) in [5, 5.41) is 17.9. The lowest BCUT2D eigenvalue weighted by Gasteiger charge is -2.16. The van der Waals surface area contributed by atoms with Crippen LogP contribution >= 0.6 is 11.6 Å². The first kappa shape index (κ1) is 12.4. The van der Waals surface area contributed by atoms with Crippen molar-refractivity contribution in [3.63, 3.8) is 0 Å². The fourth-order valence-corrected chi connectivity index (χ4v) is 1.29. The molecular formula is C11H10ClNO3. The minimum Gasteiger partial charge on any atom is -0.465 e. The SMILES string of the molecule is O=C(O)N(CC#CCO)c1cccc(Cl)c1. The van der Waals surface area contributed by atoms with Crippen LogP contribution in [0.15, 0.2) is 24.3 Å². The molecule has 0 heterocycles. The molecular weight excluding hydrogens is 230 g/mol. The molecule has 0 saturated heterocycles. The van der Waals surface area contributed by atoms with E-state index in [9.17, 15) is 4.79 Å². The Hall–Kier alpha value is -1.70. The summed E-state index contributed by atoms with van der Waals surface area (Å²) < 4.78 is 0. The Bertz CT molecular complexity index is 436. The van der Waals surface area contributed by atoms with Gasteiger partial charge in [0.2, 0.25) is 0 Å².